The molecule has 0 bridgehead atoms. The molecule has 2 aromatic carbocycles. The number of carbonyl (C=O) groups is 2. The van der Waals surface area contributed by atoms with Gasteiger partial charge in [0.05, 0.1) is 15.6 Å². The van der Waals surface area contributed by atoms with Crippen molar-refractivity contribution in [3.8, 4) is 0 Å². The maximum absolute atomic E-state index is 13.5. The van der Waals surface area contributed by atoms with E-state index in [1.807, 2.05) is 6.07 Å². The summed E-state index contributed by atoms with van der Waals surface area (Å²) in [5.74, 6) is -0.433. The first kappa shape index (κ1) is 21.5. The largest absolute Gasteiger partial charge is 0.293 e. The Morgan fingerprint density at radius 1 is 0.929 bits per heavy atom. The third-order valence-electron chi connectivity index (χ3n) is 5.36. The van der Waals surface area contributed by atoms with Gasteiger partial charge in [0, 0.05) is 10.6 Å². The van der Waals surface area contributed by atoms with Crippen molar-refractivity contribution in [2.24, 2.45) is 0 Å². The van der Waals surface area contributed by atoms with Crippen molar-refractivity contribution in [2.45, 2.75) is 44.7 Å². The van der Waals surface area contributed by atoms with Gasteiger partial charge in [0.1, 0.15) is 5.16 Å². The summed E-state index contributed by atoms with van der Waals surface area (Å²) in [4.78, 5) is 26.7. The molecule has 0 saturated heterocycles. The van der Waals surface area contributed by atoms with Crippen LogP contribution < -0.4 is 0 Å². The summed E-state index contributed by atoms with van der Waals surface area (Å²) in [5.41, 5.74) is 1.53. The molecule has 1 radical (unpaired) electrons. The zero-order valence-corrected chi connectivity index (χ0v) is 18.7. The third kappa shape index (κ3) is 3.66. The maximum Gasteiger partial charge on any atom is 0.243 e. The minimum Gasteiger partial charge on any atom is -0.293 e. The topological polar surface area (TPSA) is 51.2 Å². The van der Waals surface area contributed by atoms with Gasteiger partial charge in [-0.3, -0.25) is 14.2 Å². The molecule has 1 aliphatic rings. The molecule has 7 heteroatoms. The fourth-order valence-electron chi connectivity index (χ4n) is 3.92. The molecule has 1 unspecified atom stereocenters. The Morgan fingerprint density at radius 3 is 1.93 bits per heavy atom. The van der Waals surface area contributed by atoms with Crippen molar-refractivity contribution >= 4 is 53.9 Å². The van der Waals surface area contributed by atoms with Gasteiger partial charge in [-0.25, -0.2) is 0 Å². The molecule has 1 saturated carbocycles. The molecule has 0 spiro atoms. The van der Waals surface area contributed by atoms with E-state index in [9.17, 15) is 14.2 Å². The number of rotatable bonds is 5. The monoisotopic (exact) mass is 455 g/mol. The highest BCUT2D eigenvalue weighted by Gasteiger charge is 2.51. The van der Waals surface area contributed by atoms with Crippen LogP contribution in [-0.2, 0) is 4.57 Å². The highest BCUT2D eigenvalue weighted by atomic mass is 35.5. The van der Waals surface area contributed by atoms with E-state index < -0.39 is 24.3 Å². The first-order valence-electron chi connectivity index (χ1n) is 8.96. The first-order chi connectivity index (χ1) is 13.2. The molecule has 0 aliphatic heterocycles. The van der Waals surface area contributed by atoms with Crippen LogP contribution in [0.5, 0.6) is 0 Å². The minimum absolute atomic E-state index is 0.0901. The Balaban J connectivity index is 2.09. The lowest BCUT2D eigenvalue weighted by Gasteiger charge is -2.27. The average molecular weight is 457 g/mol. The van der Waals surface area contributed by atoms with Crippen molar-refractivity contribution in [3.63, 3.8) is 0 Å². The summed E-state index contributed by atoms with van der Waals surface area (Å²) in [5, 5.41) is -0.765. The molecule has 1 fully saturated rings. The van der Waals surface area contributed by atoms with Gasteiger partial charge < -0.3 is 0 Å². The van der Waals surface area contributed by atoms with E-state index in [1.54, 1.807) is 26.0 Å². The van der Waals surface area contributed by atoms with E-state index in [2.05, 4.69) is 0 Å². The molecule has 0 amide bonds. The number of halogens is 3. The zero-order valence-electron chi connectivity index (χ0n) is 15.5. The molecule has 147 valence electrons. The molecule has 3 nitrogen and oxygen atoms in total. The summed E-state index contributed by atoms with van der Waals surface area (Å²) in [6.45, 7) is 3.61. The van der Waals surface area contributed by atoms with E-state index >= 15 is 0 Å². The molecule has 0 heterocycles. The Bertz CT molecular complexity index is 951. The lowest BCUT2D eigenvalue weighted by atomic mass is 9.95. The second kappa shape index (κ2) is 8.24. The smallest absolute Gasteiger partial charge is 0.243 e. The molecule has 3 rings (SSSR count). The highest BCUT2D eigenvalue weighted by molar-refractivity contribution is 7.67. The summed E-state index contributed by atoms with van der Waals surface area (Å²) in [7, 11) is -2.52. The van der Waals surface area contributed by atoms with Crippen molar-refractivity contribution in [3.05, 3.63) is 67.7 Å². The van der Waals surface area contributed by atoms with Crippen LogP contribution in [0.1, 0.15) is 57.5 Å². The van der Waals surface area contributed by atoms with Gasteiger partial charge in [-0.05, 0) is 49.9 Å². The van der Waals surface area contributed by atoms with E-state index in [-0.39, 0.29) is 15.6 Å². The molecular formula is C21H19Cl3O3P. The van der Waals surface area contributed by atoms with Crippen molar-refractivity contribution < 1.29 is 14.2 Å². The van der Waals surface area contributed by atoms with Crippen LogP contribution in [0.2, 0.25) is 15.1 Å². The highest BCUT2D eigenvalue weighted by Crippen LogP contribution is 2.55. The van der Waals surface area contributed by atoms with Crippen LogP contribution in [0, 0.1) is 13.8 Å². The predicted octanol–water partition coefficient (Wildman–Crippen LogP) is 7.43. The summed E-state index contributed by atoms with van der Waals surface area (Å²) < 4.78 is 13.5. The molecule has 0 N–H and O–H groups in total. The van der Waals surface area contributed by atoms with Gasteiger partial charge in [-0.1, -0.05) is 65.8 Å². The number of hydrogen-bond donors (Lipinski definition) is 0. The van der Waals surface area contributed by atoms with Crippen LogP contribution >= 0.6 is 42.6 Å². The second-order valence-electron chi connectivity index (χ2n) is 7.18. The maximum atomic E-state index is 13.5. The quantitative estimate of drug-likeness (QED) is 0.347. The number of hydrogen-bond acceptors (Lipinski definition) is 3. The lowest BCUT2D eigenvalue weighted by molar-refractivity contribution is 0.0931. The number of Topliss-reactive ketones (excluding diaryl/α,β-unsaturated/α-hetero) is 1. The second-order valence-corrected chi connectivity index (χ2v) is 10.3. The van der Waals surface area contributed by atoms with Crippen LogP contribution in [0.25, 0.3) is 0 Å². The number of benzene rings is 2. The zero-order chi connectivity index (χ0) is 20.6. The normalized spacial score (nSPS) is 16.1. The Kier molecular flexibility index (Phi) is 6.32. The minimum atomic E-state index is -2.52. The third-order valence-corrected chi connectivity index (χ3v) is 8.19. The van der Waals surface area contributed by atoms with Crippen molar-refractivity contribution in [1.29, 1.82) is 0 Å². The van der Waals surface area contributed by atoms with Crippen LogP contribution in [-0.4, -0.2) is 16.5 Å². The lowest BCUT2D eigenvalue weighted by Crippen LogP contribution is -2.34. The average Bonchev–Trinajstić information content (AvgIpc) is 3.10. The van der Waals surface area contributed by atoms with Crippen molar-refractivity contribution in [2.75, 3.05) is 0 Å². The van der Waals surface area contributed by atoms with Gasteiger partial charge in [-0.2, -0.15) is 0 Å². The Hall–Kier alpha value is -1.25. The Labute approximate surface area is 180 Å². The van der Waals surface area contributed by atoms with Gasteiger partial charge >= 0.3 is 0 Å². The standard InChI is InChI=1S/C21H19Cl3O3P/c1-12-6-5-7-13(2)17(12)20(26)28(27)21(8-3-4-9-21)19(25)18-15(23)10-14(22)11-16(18)24/h5-7,10-11H,3-4,8-9H2,1-2H3. The fraction of sp³-hybridized carbons (Fsp3) is 0.333. The molecular weight excluding hydrogens is 438 g/mol. The molecule has 1 atom stereocenters. The van der Waals surface area contributed by atoms with E-state index in [4.69, 9.17) is 34.8 Å². The summed E-state index contributed by atoms with van der Waals surface area (Å²) in [6, 6.07) is 8.33. The van der Waals surface area contributed by atoms with Crippen molar-refractivity contribution in [1.82, 2.24) is 0 Å². The molecule has 1 aliphatic carbocycles. The number of ketones is 1. The van der Waals surface area contributed by atoms with E-state index in [0.717, 1.165) is 24.0 Å². The summed E-state index contributed by atoms with van der Waals surface area (Å²) >= 11 is 18.5. The fourth-order valence-corrected chi connectivity index (χ4v) is 6.87. The Morgan fingerprint density at radius 2 is 1.43 bits per heavy atom. The predicted molar refractivity (Wildman–Crippen MR) is 115 cm³/mol. The first-order valence-corrected chi connectivity index (χ1v) is 11.4. The van der Waals surface area contributed by atoms with Gasteiger partial charge in [0.15, 0.2) is 13.6 Å². The number of carbonyl (C=O) groups excluding carboxylic acids is 2. The van der Waals surface area contributed by atoms with Gasteiger partial charge in [0.25, 0.3) is 0 Å². The molecule has 28 heavy (non-hydrogen) atoms. The van der Waals surface area contributed by atoms with Crippen LogP contribution in [0.15, 0.2) is 30.3 Å². The molecule has 0 aromatic heterocycles. The molecule has 2 aromatic rings. The number of aryl methyl sites for hydroxylation is 2. The van der Waals surface area contributed by atoms with E-state index in [0.29, 0.717) is 23.4 Å². The van der Waals surface area contributed by atoms with Gasteiger partial charge in [0.2, 0.25) is 5.52 Å². The van der Waals surface area contributed by atoms with Crippen LogP contribution in [0.3, 0.4) is 0 Å². The van der Waals surface area contributed by atoms with Gasteiger partial charge in [-0.15, -0.1) is 0 Å². The van der Waals surface area contributed by atoms with E-state index in [1.165, 1.54) is 12.1 Å². The van der Waals surface area contributed by atoms with Crippen LogP contribution in [0.4, 0.5) is 0 Å². The summed E-state index contributed by atoms with van der Waals surface area (Å²) in [6.07, 6.45) is 2.17. The SMILES string of the molecule is Cc1cccc(C)c1C(=O)[P](=O)C1(C(=O)c2c(Cl)cc(Cl)cc2Cl)CCCC1.